The first kappa shape index (κ1) is 19.8. The van der Waals surface area contributed by atoms with Crippen LogP contribution in [0.5, 0.6) is 5.75 Å². The van der Waals surface area contributed by atoms with Crippen molar-refractivity contribution in [1.82, 2.24) is 0 Å². The molecule has 8 heteroatoms. The van der Waals surface area contributed by atoms with E-state index >= 15 is 0 Å². The number of benzene rings is 3. The summed E-state index contributed by atoms with van der Waals surface area (Å²) in [4.78, 5) is 35.4. The summed E-state index contributed by atoms with van der Waals surface area (Å²) >= 11 is 0. The summed E-state index contributed by atoms with van der Waals surface area (Å²) in [5.74, 6) is -0.180. The molecule has 1 amide bonds. The van der Waals surface area contributed by atoms with E-state index in [1.807, 2.05) is 12.1 Å². The number of carbonyl (C=O) groups excluding carboxylic acids is 1. The third-order valence-corrected chi connectivity index (χ3v) is 4.74. The number of hydrogen-bond acceptors (Lipinski definition) is 6. The van der Waals surface area contributed by atoms with E-state index in [-0.39, 0.29) is 11.4 Å². The molecule has 4 aromatic rings. The predicted octanol–water partition coefficient (Wildman–Crippen LogP) is 4.63. The van der Waals surface area contributed by atoms with E-state index in [0.717, 1.165) is 5.39 Å². The molecule has 0 aliphatic rings. The van der Waals surface area contributed by atoms with Crippen LogP contribution in [0.2, 0.25) is 0 Å². The summed E-state index contributed by atoms with van der Waals surface area (Å²) in [6.45, 7) is 0. The van der Waals surface area contributed by atoms with Gasteiger partial charge in [-0.2, -0.15) is 0 Å². The number of rotatable bonds is 5. The third kappa shape index (κ3) is 3.99. The van der Waals surface area contributed by atoms with Gasteiger partial charge in [0, 0.05) is 23.1 Å². The highest BCUT2D eigenvalue weighted by Gasteiger charge is 2.15. The summed E-state index contributed by atoms with van der Waals surface area (Å²) < 4.78 is 10.5. The van der Waals surface area contributed by atoms with Gasteiger partial charge in [-0.3, -0.25) is 14.9 Å². The standard InChI is InChI=1S/C23H16N2O6/c1-30-21-11-10-17(25(28)29)13-19(21)24-22(26)15-8-6-14(7-9-15)18-12-16-4-2-3-5-20(16)31-23(18)27/h2-13H,1H3,(H,24,26). The number of nitrogens with zero attached hydrogens (tertiary/aromatic N) is 1. The number of methoxy groups -OCH3 is 1. The van der Waals surface area contributed by atoms with E-state index in [0.29, 0.717) is 28.0 Å². The molecule has 8 nitrogen and oxygen atoms in total. The Labute approximate surface area is 175 Å². The zero-order chi connectivity index (χ0) is 22.0. The van der Waals surface area contributed by atoms with E-state index < -0.39 is 16.5 Å². The lowest BCUT2D eigenvalue weighted by Gasteiger charge is -2.10. The van der Waals surface area contributed by atoms with Gasteiger partial charge in [0.25, 0.3) is 11.6 Å². The highest BCUT2D eigenvalue weighted by molar-refractivity contribution is 6.05. The lowest BCUT2D eigenvalue weighted by Crippen LogP contribution is -2.13. The number of anilines is 1. The van der Waals surface area contributed by atoms with Crippen LogP contribution in [0.15, 0.2) is 82.0 Å². The molecular formula is C23H16N2O6. The second-order valence-corrected chi connectivity index (χ2v) is 6.66. The first-order valence-electron chi connectivity index (χ1n) is 9.23. The molecule has 0 spiro atoms. The van der Waals surface area contributed by atoms with Gasteiger partial charge in [-0.1, -0.05) is 30.3 Å². The van der Waals surface area contributed by atoms with Crippen molar-refractivity contribution >= 4 is 28.3 Å². The SMILES string of the molecule is COc1ccc([N+](=O)[O-])cc1NC(=O)c1ccc(-c2cc3ccccc3oc2=O)cc1. The fraction of sp³-hybridized carbons (Fsp3) is 0.0435. The van der Waals surface area contributed by atoms with Crippen molar-refractivity contribution in [3.05, 3.63) is 98.9 Å². The molecule has 0 radical (unpaired) electrons. The van der Waals surface area contributed by atoms with Crippen LogP contribution >= 0.6 is 0 Å². The van der Waals surface area contributed by atoms with Gasteiger partial charge in [-0.15, -0.1) is 0 Å². The lowest BCUT2D eigenvalue weighted by atomic mass is 10.0. The molecule has 154 valence electrons. The van der Waals surface area contributed by atoms with Crippen LogP contribution in [0, 0.1) is 10.1 Å². The maximum atomic E-state index is 12.6. The average molecular weight is 416 g/mol. The van der Waals surface area contributed by atoms with Crippen molar-refractivity contribution in [3.63, 3.8) is 0 Å². The molecule has 0 bridgehead atoms. The summed E-state index contributed by atoms with van der Waals surface area (Å²) in [5.41, 5.74) is 1.32. The number of ether oxygens (including phenoxy) is 1. The Morgan fingerprint density at radius 3 is 2.48 bits per heavy atom. The monoisotopic (exact) mass is 416 g/mol. The van der Waals surface area contributed by atoms with Crippen LogP contribution in [0.25, 0.3) is 22.1 Å². The Balaban J connectivity index is 1.61. The van der Waals surface area contributed by atoms with Crippen LogP contribution < -0.4 is 15.7 Å². The van der Waals surface area contributed by atoms with Gasteiger partial charge in [0.05, 0.1) is 23.3 Å². The smallest absolute Gasteiger partial charge is 0.344 e. The number of nitrogens with one attached hydrogen (secondary N) is 1. The van der Waals surface area contributed by atoms with Crippen molar-refractivity contribution in [2.24, 2.45) is 0 Å². The average Bonchev–Trinajstić information content (AvgIpc) is 2.78. The Morgan fingerprint density at radius 2 is 1.77 bits per heavy atom. The van der Waals surface area contributed by atoms with Crippen molar-refractivity contribution in [3.8, 4) is 16.9 Å². The summed E-state index contributed by atoms with van der Waals surface area (Å²) in [5, 5.41) is 14.4. The van der Waals surface area contributed by atoms with Crippen molar-refractivity contribution < 1.29 is 18.9 Å². The lowest BCUT2D eigenvalue weighted by molar-refractivity contribution is -0.384. The molecule has 0 unspecified atom stereocenters. The summed E-state index contributed by atoms with van der Waals surface area (Å²) in [7, 11) is 1.40. The normalized spacial score (nSPS) is 10.6. The largest absolute Gasteiger partial charge is 0.495 e. The minimum absolute atomic E-state index is 0.172. The number of amides is 1. The first-order chi connectivity index (χ1) is 15.0. The Morgan fingerprint density at radius 1 is 1.03 bits per heavy atom. The van der Waals surface area contributed by atoms with Gasteiger partial charge in [0.1, 0.15) is 11.3 Å². The fourth-order valence-corrected chi connectivity index (χ4v) is 3.17. The Bertz CT molecular complexity index is 1360. The van der Waals surface area contributed by atoms with E-state index in [1.165, 1.54) is 25.3 Å². The maximum Gasteiger partial charge on any atom is 0.344 e. The fourth-order valence-electron chi connectivity index (χ4n) is 3.17. The van der Waals surface area contributed by atoms with Crippen LogP contribution in [-0.4, -0.2) is 17.9 Å². The van der Waals surface area contributed by atoms with Gasteiger partial charge in [0.15, 0.2) is 0 Å². The minimum atomic E-state index is -0.557. The summed E-state index contributed by atoms with van der Waals surface area (Å²) in [6, 6.07) is 19.3. The second-order valence-electron chi connectivity index (χ2n) is 6.66. The van der Waals surface area contributed by atoms with Crippen LogP contribution in [-0.2, 0) is 0 Å². The molecule has 0 atom stereocenters. The van der Waals surface area contributed by atoms with Crippen molar-refractivity contribution in [2.45, 2.75) is 0 Å². The Kier molecular flexibility index (Phi) is 5.19. The van der Waals surface area contributed by atoms with Gasteiger partial charge in [-0.25, -0.2) is 4.79 Å². The number of carbonyl (C=O) groups is 1. The molecule has 4 rings (SSSR count). The number of hydrogen-bond donors (Lipinski definition) is 1. The highest BCUT2D eigenvalue weighted by Crippen LogP contribution is 2.29. The molecule has 0 aliphatic carbocycles. The number of para-hydroxylation sites is 1. The van der Waals surface area contributed by atoms with Crippen molar-refractivity contribution in [2.75, 3.05) is 12.4 Å². The predicted molar refractivity (Wildman–Crippen MR) is 116 cm³/mol. The number of nitro benzene ring substituents is 1. The van der Waals surface area contributed by atoms with Gasteiger partial charge < -0.3 is 14.5 Å². The molecule has 0 saturated carbocycles. The quantitative estimate of drug-likeness (QED) is 0.288. The molecule has 1 heterocycles. The second kappa shape index (κ2) is 8.11. The zero-order valence-electron chi connectivity index (χ0n) is 16.3. The number of fused-ring (bicyclic) bond motifs is 1. The number of nitro groups is 1. The molecule has 0 fully saturated rings. The summed E-state index contributed by atoms with van der Waals surface area (Å²) in [6.07, 6.45) is 0. The topological polar surface area (TPSA) is 112 Å². The third-order valence-electron chi connectivity index (χ3n) is 4.74. The number of non-ortho nitro benzene ring substituents is 1. The minimum Gasteiger partial charge on any atom is -0.495 e. The van der Waals surface area contributed by atoms with E-state index in [9.17, 15) is 19.7 Å². The molecular weight excluding hydrogens is 400 g/mol. The van der Waals surface area contributed by atoms with Gasteiger partial charge >= 0.3 is 5.63 Å². The van der Waals surface area contributed by atoms with Gasteiger partial charge in [0.2, 0.25) is 0 Å². The van der Waals surface area contributed by atoms with Crippen LogP contribution in [0.4, 0.5) is 11.4 Å². The first-order valence-corrected chi connectivity index (χ1v) is 9.23. The zero-order valence-corrected chi connectivity index (χ0v) is 16.3. The van der Waals surface area contributed by atoms with Gasteiger partial charge in [-0.05, 0) is 35.9 Å². The molecule has 1 aromatic heterocycles. The molecule has 0 saturated heterocycles. The highest BCUT2D eigenvalue weighted by atomic mass is 16.6. The van der Waals surface area contributed by atoms with Crippen molar-refractivity contribution in [1.29, 1.82) is 0 Å². The molecule has 0 aliphatic heterocycles. The van der Waals surface area contributed by atoms with Crippen LogP contribution in [0.1, 0.15) is 10.4 Å². The molecule has 1 N–H and O–H groups in total. The van der Waals surface area contributed by atoms with E-state index in [4.69, 9.17) is 9.15 Å². The van der Waals surface area contributed by atoms with E-state index in [2.05, 4.69) is 5.32 Å². The Hall–Kier alpha value is -4.46. The van der Waals surface area contributed by atoms with E-state index in [1.54, 1.807) is 42.5 Å². The maximum absolute atomic E-state index is 12.6. The van der Waals surface area contributed by atoms with Crippen LogP contribution in [0.3, 0.4) is 0 Å². The molecule has 3 aromatic carbocycles. The molecule has 31 heavy (non-hydrogen) atoms.